The van der Waals surface area contributed by atoms with E-state index in [9.17, 15) is 9.59 Å². The van der Waals surface area contributed by atoms with E-state index < -0.39 is 0 Å². The van der Waals surface area contributed by atoms with Gasteiger partial charge in [0.05, 0.1) is 30.0 Å². The first-order valence-electron chi connectivity index (χ1n) is 8.97. The number of benzene rings is 1. The molecule has 0 atom stereocenters. The maximum Gasteiger partial charge on any atom is 0.268 e. The van der Waals surface area contributed by atoms with Crippen LogP contribution in [-0.2, 0) is 16.1 Å². The number of nitrogens with zero attached hydrogens (tertiary/aromatic N) is 2. The van der Waals surface area contributed by atoms with E-state index in [0.717, 1.165) is 15.8 Å². The number of morpholine rings is 1. The zero-order valence-corrected chi connectivity index (χ0v) is 15.7. The van der Waals surface area contributed by atoms with E-state index in [4.69, 9.17) is 4.74 Å². The number of carbonyl (C=O) groups is 2. The summed E-state index contributed by atoms with van der Waals surface area (Å²) in [7, 11) is 0. The molecule has 2 aromatic heterocycles. The number of nitrogens with one attached hydrogen (secondary N) is 1. The second-order valence-corrected chi connectivity index (χ2v) is 7.39. The van der Waals surface area contributed by atoms with Crippen molar-refractivity contribution in [2.75, 3.05) is 32.8 Å². The average molecular weight is 383 g/mol. The average Bonchev–Trinajstić information content (AvgIpc) is 3.30. The van der Waals surface area contributed by atoms with Gasteiger partial charge in [0, 0.05) is 19.6 Å². The van der Waals surface area contributed by atoms with E-state index in [0.29, 0.717) is 38.5 Å². The molecule has 4 rings (SSSR count). The molecule has 0 bridgehead atoms. The molecule has 1 fully saturated rings. The molecule has 3 aromatic rings. The molecule has 1 saturated heterocycles. The minimum atomic E-state index is -0.226. The minimum absolute atomic E-state index is 0.00298. The summed E-state index contributed by atoms with van der Waals surface area (Å²) in [4.78, 5) is 26.8. The van der Waals surface area contributed by atoms with Gasteiger partial charge in [-0.15, -0.1) is 11.3 Å². The van der Waals surface area contributed by atoms with Gasteiger partial charge in [-0.05, 0) is 23.1 Å². The molecule has 0 saturated carbocycles. The Kier molecular flexibility index (Phi) is 5.22. The molecule has 1 N–H and O–H groups in total. The summed E-state index contributed by atoms with van der Waals surface area (Å²) in [5.41, 5.74) is 2.74. The van der Waals surface area contributed by atoms with Crippen molar-refractivity contribution in [2.24, 2.45) is 0 Å². The van der Waals surface area contributed by atoms with Crippen LogP contribution in [0.4, 0.5) is 0 Å². The van der Waals surface area contributed by atoms with Crippen molar-refractivity contribution in [3.8, 4) is 0 Å². The van der Waals surface area contributed by atoms with Gasteiger partial charge < -0.3 is 19.5 Å². The summed E-state index contributed by atoms with van der Waals surface area (Å²) in [6.07, 6.45) is 0. The number of amides is 2. The first-order valence-corrected chi connectivity index (χ1v) is 9.85. The standard InChI is InChI=1S/C20H21N3O3S/c24-19(22-7-9-26-10-8-22)13-21-20(25)17-12-18-16(6-11-27-18)23(17)14-15-4-2-1-3-5-15/h1-6,11-12H,7-10,13-14H2,(H,21,25). The van der Waals surface area contributed by atoms with Crippen molar-refractivity contribution in [1.29, 1.82) is 0 Å². The lowest BCUT2D eigenvalue weighted by Gasteiger charge is -2.26. The summed E-state index contributed by atoms with van der Waals surface area (Å²) >= 11 is 1.61. The van der Waals surface area contributed by atoms with Crippen LogP contribution >= 0.6 is 11.3 Å². The third kappa shape index (κ3) is 3.89. The Labute approximate surface area is 161 Å². The number of aromatic nitrogens is 1. The van der Waals surface area contributed by atoms with E-state index in [2.05, 4.69) is 5.32 Å². The van der Waals surface area contributed by atoms with Crippen molar-refractivity contribution >= 4 is 33.4 Å². The fourth-order valence-electron chi connectivity index (χ4n) is 3.27. The molecule has 0 unspecified atom stereocenters. The van der Waals surface area contributed by atoms with Gasteiger partial charge in [0.25, 0.3) is 5.91 Å². The maximum absolute atomic E-state index is 12.8. The van der Waals surface area contributed by atoms with Crippen LogP contribution in [0.5, 0.6) is 0 Å². The van der Waals surface area contributed by atoms with Crippen molar-refractivity contribution in [1.82, 2.24) is 14.8 Å². The number of fused-ring (bicyclic) bond motifs is 1. The van der Waals surface area contributed by atoms with Crippen LogP contribution in [0.15, 0.2) is 47.8 Å². The Morgan fingerprint density at radius 1 is 1.11 bits per heavy atom. The van der Waals surface area contributed by atoms with Crippen molar-refractivity contribution in [3.63, 3.8) is 0 Å². The van der Waals surface area contributed by atoms with Gasteiger partial charge in [0.1, 0.15) is 5.69 Å². The predicted molar refractivity (Wildman–Crippen MR) is 105 cm³/mol. The highest BCUT2D eigenvalue weighted by molar-refractivity contribution is 7.17. The lowest BCUT2D eigenvalue weighted by molar-refractivity contribution is -0.134. The van der Waals surface area contributed by atoms with Crippen molar-refractivity contribution < 1.29 is 14.3 Å². The van der Waals surface area contributed by atoms with E-state index in [1.807, 2.05) is 52.4 Å². The highest BCUT2D eigenvalue weighted by Gasteiger charge is 2.20. The molecule has 140 valence electrons. The van der Waals surface area contributed by atoms with Gasteiger partial charge in [-0.2, -0.15) is 0 Å². The fraction of sp³-hybridized carbons (Fsp3) is 0.300. The maximum atomic E-state index is 12.8. The molecule has 0 spiro atoms. The summed E-state index contributed by atoms with van der Waals surface area (Å²) in [5, 5.41) is 4.81. The van der Waals surface area contributed by atoms with Crippen LogP contribution in [0.3, 0.4) is 0 Å². The van der Waals surface area contributed by atoms with Gasteiger partial charge in [-0.3, -0.25) is 9.59 Å². The summed E-state index contributed by atoms with van der Waals surface area (Å²) in [6, 6.07) is 14.0. The van der Waals surface area contributed by atoms with Crippen LogP contribution in [-0.4, -0.2) is 54.1 Å². The molecule has 1 aromatic carbocycles. The highest BCUT2D eigenvalue weighted by Crippen LogP contribution is 2.26. The Bertz CT molecular complexity index is 942. The minimum Gasteiger partial charge on any atom is -0.378 e. The molecular weight excluding hydrogens is 362 g/mol. The van der Waals surface area contributed by atoms with Gasteiger partial charge in [-0.1, -0.05) is 30.3 Å². The molecule has 1 aliphatic rings. The fourth-order valence-corrected chi connectivity index (χ4v) is 4.09. The van der Waals surface area contributed by atoms with Gasteiger partial charge in [0.15, 0.2) is 0 Å². The molecular formula is C20H21N3O3S. The van der Waals surface area contributed by atoms with Crippen LogP contribution in [0.25, 0.3) is 10.2 Å². The van der Waals surface area contributed by atoms with Gasteiger partial charge in [-0.25, -0.2) is 0 Å². The second kappa shape index (κ2) is 7.94. The van der Waals surface area contributed by atoms with Crippen LogP contribution in [0.2, 0.25) is 0 Å². The third-order valence-corrected chi connectivity index (χ3v) is 5.56. The number of rotatable bonds is 5. The Hall–Kier alpha value is -2.64. The lowest BCUT2D eigenvalue weighted by atomic mass is 10.2. The number of carbonyl (C=O) groups excluding carboxylic acids is 2. The molecule has 6 nitrogen and oxygen atoms in total. The quantitative estimate of drug-likeness (QED) is 0.736. The molecule has 7 heteroatoms. The van der Waals surface area contributed by atoms with Crippen LogP contribution in [0, 0.1) is 0 Å². The van der Waals surface area contributed by atoms with E-state index >= 15 is 0 Å². The third-order valence-electron chi connectivity index (χ3n) is 4.70. The Morgan fingerprint density at radius 3 is 2.67 bits per heavy atom. The van der Waals surface area contributed by atoms with Crippen molar-refractivity contribution in [2.45, 2.75) is 6.54 Å². The largest absolute Gasteiger partial charge is 0.378 e. The van der Waals surface area contributed by atoms with E-state index in [1.165, 1.54) is 0 Å². The van der Waals surface area contributed by atoms with Gasteiger partial charge in [0.2, 0.25) is 5.91 Å². The molecule has 27 heavy (non-hydrogen) atoms. The number of ether oxygens (including phenoxy) is 1. The summed E-state index contributed by atoms with van der Waals surface area (Å²) in [5.74, 6) is -0.300. The smallest absolute Gasteiger partial charge is 0.268 e. The lowest BCUT2D eigenvalue weighted by Crippen LogP contribution is -2.45. The highest BCUT2D eigenvalue weighted by atomic mass is 32.1. The molecule has 2 amide bonds. The SMILES string of the molecule is O=C(NCC(=O)N1CCOCC1)c1cc2sccc2n1Cc1ccccc1. The summed E-state index contributed by atoms with van der Waals surface area (Å²) in [6.45, 7) is 2.87. The molecule has 3 heterocycles. The number of hydrogen-bond acceptors (Lipinski definition) is 4. The first-order chi connectivity index (χ1) is 13.2. The molecule has 1 aliphatic heterocycles. The monoisotopic (exact) mass is 383 g/mol. The zero-order chi connectivity index (χ0) is 18.6. The van der Waals surface area contributed by atoms with Crippen molar-refractivity contribution in [3.05, 3.63) is 59.1 Å². The topological polar surface area (TPSA) is 63.6 Å². The zero-order valence-electron chi connectivity index (χ0n) is 14.9. The van der Waals surface area contributed by atoms with E-state index in [1.54, 1.807) is 16.2 Å². The van der Waals surface area contributed by atoms with Crippen LogP contribution in [0.1, 0.15) is 16.1 Å². The Morgan fingerprint density at radius 2 is 1.89 bits per heavy atom. The Balaban J connectivity index is 1.50. The first kappa shape index (κ1) is 17.8. The molecule has 0 aliphatic carbocycles. The van der Waals surface area contributed by atoms with Crippen LogP contribution < -0.4 is 5.32 Å². The van der Waals surface area contributed by atoms with Gasteiger partial charge >= 0.3 is 0 Å². The molecule has 0 radical (unpaired) electrons. The normalized spacial score (nSPS) is 14.4. The number of hydrogen-bond donors (Lipinski definition) is 1. The number of thiophene rings is 1. The predicted octanol–water partition coefficient (Wildman–Crippen LogP) is 2.34. The summed E-state index contributed by atoms with van der Waals surface area (Å²) < 4.78 is 8.33. The van der Waals surface area contributed by atoms with E-state index in [-0.39, 0.29) is 18.4 Å². The second-order valence-electron chi connectivity index (χ2n) is 6.45.